The van der Waals surface area contributed by atoms with E-state index in [-0.39, 0.29) is 11.9 Å². The molecule has 1 unspecified atom stereocenters. The molecule has 0 fully saturated rings. The average Bonchev–Trinajstić information content (AvgIpc) is 2.47. The van der Waals surface area contributed by atoms with Gasteiger partial charge in [0.2, 0.25) is 5.95 Å². The maximum Gasteiger partial charge on any atom is 0.267 e. The normalized spacial score (nSPS) is 11.6. The Morgan fingerprint density at radius 3 is 2.53 bits per heavy atom. The van der Waals surface area contributed by atoms with Gasteiger partial charge in [-0.05, 0) is 24.6 Å². The van der Waals surface area contributed by atoms with Gasteiger partial charge in [-0.2, -0.15) is 0 Å². The molecule has 0 aliphatic heterocycles. The van der Waals surface area contributed by atoms with E-state index in [1.807, 2.05) is 37.3 Å². The molecule has 98 valence electrons. The van der Waals surface area contributed by atoms with Crippen molar-refractivity contribution in [3.8, 4) is 5.75 Å². The van der Waals surface area contributed by atoms with Crippen LogP contribution in [0.25, 0.3) is 0 Å². The fourth-order valence-corrected chi connectivity index (χ4v) is 1.54. The van der Waals surface area contributed by atoms with Crippen LogP contribution in [0, 0.1) is 0 Å². The van der Waals surface area contributed by atoms with Gasteiger partial charge in [0.25, 0.3) is 5.91 Å². The second-order valence-electron chi connectivity index (χ2n) is 3.89. The van der Waals surface area contributed by atoms with Gasteiger partial charge in [-0.25, -0.2) is 9.97 Å². The van der Waals surface area contributed by atoms with Crippen molar-refractivity contribution in [2.45, 2.75) is 19.4 Å². The van der Waals surface area contributed by atoms with Crippen LogP contribution in [0.1, 0.15) is 13.3 Å². The Hall–Kier alpha value is -2.43. The zero-order valence-corrected chi connectivity index (χ0v) is 10.6. The number of hydrogen-bond donors (Lipinski definition) is 1. The first kappa shape index (κ1) is 13.0. The molecule has 1 aromatic carbocycles. The van der Waals surface area contributed by atoms with Crippen LogP contribution in [-0.4, -0.2) is 22.0 Å². The van der Waals surface area contributed by atoms with Crippen molar-refractivity contribution in [3.05, 3.63) is 48.8 Å². The van der Waals surface area contributed by atoms with E-state index in [0.717, 1.165) is 0 Å². The molecule has 0 saturated heterocycles. The van der Waals surface area contributed by atoms with Crippen LogP contribution in [0.2, 0.25) is 0 Å². The van der Waals surface area contributed by atoms with E-state index < -0.39 is 6.10 Å². The van der Waals surface area contributed by atoms with Crippen LogP contribution < -0.4 is 10.1 Å². The third-order valence-corrected chi connectivity index (χ3v) is 2.49. The lowest BCUT2D eigenvalue weighted by atomic mass is 10.2. The molecule has 0 radical (unpaired) electrons. The van der Waals surface area contributed by atoms with Crippen LogP contribution in [-0.2, 0) is 4.79 Å². The molecule has 0 bridgehead atoms. The Kier molecular flexibility index (Phi) is 4.44. The largest absolute Gasteiger partial charge is 0.481 e. The zero-order valence-electron chi connectivity index (χ0n) is 10.6. The summed E-state index contributed by atoms with van der Waals surface area (Å²) in [6, 6.07) is 10.9. The molecule has 0 aliphatic carbocycles. The van der Waals surface area contributed by atoms with Gasteiger partial charge in [-0.3, -0.25) is 10.1 Å². The number of hydrogen-bond acceptors (Lipinski definition) is 4. The van der Waals surface area contributed by atoms with Gasteiger partial charge in [-0.15, -0.1) is 0 Å². The number of rotatable bonds is 5. The van der Waals surface area contributed by atoms with E-state index >= 15 is 0 Å². The third kappa shape index (κ3) is 3.77. The number of nitrogens with zero attached hydrogens (tertiary/aromatic N) is 2. The van der Waals surface area contributed by atoms with Crippen molar-refractivity contribution in [2.24, 2.45) is 0 Å². The monoisotopic (exact) mass is 257 g/mol. The topological polar surface area (TPSA) is 64.1 Å². The number of carbonyl (C=O) groups excluding carboxylic acids is 1. The van der Waals surface area contributed by atoms with Crippen molar-refractivity contribution in [2.75, 3.05) is 5.32 Å². The highest BCUT2D eigenvalue weighted by atomic mass is 16.5. The molecule has 5 nitrogen and oxygen atoms in total. The number of carbonyl (C=O) groups is 1. The highest BCUT2D eigenvalue weighted by molar-refractivity contribution is 5.92. The summed E-state index contributed by atoms with van der Waals surface area (Å²) in [5.41, 5.74) is 0. The fraction of sp³-hybridized carbons (Fsp3) is 0.214. The lowest BCUT2D eigenvalue weighted by molar-refractivity contribution is -0.122. The van der Waals surface area contributed by atoms with Crippen molar-refractivity contribution in [3.63, 3.8) is 0 Å². The SMILES string of the molecule is CCC(Oc1ccccc1)C(=O)Nc1ncccn1. The van der Waals surface area contributed by atoms with Crippen molar-refractivity contribution in [1.29, 1.82) is 0 Å². The molecule has 1 N–H and O–H groups in total. The van der Waals surface area contributed by atoms with Gasteiger partial charge in [0, 0.05) is 12.4 Å². The first-order valence-corrected chi connectivity index (χ1v) is 6.09. The summed E-state index contributed by atoms with van der Waals surface area (Å²) in [6.07, 6.45) is 3.14. The van der Waals surface area contributed by atoms with E-state index in [1.165, 1.54) is 0 Å². The molecule has 0 spiro atoms. The van der Waals surface area contributed by atoms with Crippen molar-refractivity contribution >= 4 is 11.9 Å². The summed E-state index contributed by atoms with van der Waals surface area (Å²) < 4.78 is 5.63. The number of anilines is 1. The summed E-state index contributed by atoms with van der Waals surface area (Å²) in [7, 11) is 0. The van der Waals surface area contributed by atoms with E-state index in [4.69, 9.17) is 4.74 Å². The lowest BCUT2D eigenvalue weighted by Crippen LogP contribution is -2.32. The Morgan fingerprint density at radius 2 is 1.89 bits per heavy atom. The van der Waals surface area contributed by atoms with Gasteiger partial charge < -0.3 is 4.74 Å². The van der Waals surface area contributed by atoms with Gasteiger partial charge in [0.15, 0.2) is 6.10 Å². The second-order valence-corrected chi connectivity index (χ2v) is 3.89. The molecular weight excluding hydrogens is 242 g/mol. The minimum absolute atomic E-state index is 0.252. The second kappa shape index (κ2) is 6.49. The molecule has 1 aromatic heterocycles. The molecule has 0 saturated carbocycles. The minimum Gasteiger partial charge on any atom is -0.481 e. The molecule has 0 aliphatic rings. The summed E-state index contributed by atoms with van der Waals surface area (Å²) >= 11 is 0. The van der Waals surface area contributed by atoms with Crippen LogP contribution in [0.15, 0.2) is 48.8 Å². The van der Waals surface area contributed by atoms with Gasteiger partial charge in [-0.1, -0.05) is 25.1 Å². The quantitative estimate of drug-likeness (QED) is 0.892. The first-order chi connectivity index (χ1) is 9.29. The van der Waals surface area contributed by atoms with Crippen molar-refractivity contribution in [1.82, 2.24) is 9.97 Å². The predicted molar refractivity (Wildman–Crippen MR) is 71.8 cm³/mol. The summed E-state index contributed by atoms with van der Waals surface area (Å²) in [4.78, 5) is 19.9. The molecule has 1 atom stereocenters. The number of aromatic nitrogens is 2. The smallest absolute Gasteiger partial charge is 0.267 e. The molecule has 1 heterocycles. The summed E-state index contributed by atoms with van der Waals surface area (Å²) in [6.45, 7) is 1.89. The molecular formula is C14H15N3O2. The Labute approximate surface area is 111 Å². The van der Waals surface area contributed by atoms with Crippen LogP contribution in [0.3, 0.4) is 0 Å². The molecule has 2 rings (SSSR count). The van der Waals surface area contributed by atoms with E-state index in [2.05, 4.69) is 15.3 Å². The molecule has 19 heavy (non-hydrogen) atoms. The van der Waals surface area contributed by atoms with E-state index in [1.54, 1.807) is 18.5 Å². The van der Waals surface area contributed by atoms with Gasteiger partial charge >= 0.3 is 0 Å². The first-order valence-electron chi connectivity index (χ1n) is 6.09. The van der Waals surface area contributed by atoms with Crippen LogP contribution >= 0.6 is 0 Å². The highest BCUT2D eigenvalue weighted by Crippen LogP contribution is 2.13. The van der Waals surface area contributed by atoms with Crippen LogP contribution in [0.5, 0.6) is 5.75 Å². The summed E-state index contributed by atoms with van der Waals surface area (Å²) in [5.74, 6) is 0.693. The van der Waals surface area contributed by atoms with Gasteiger partial charge in [0.05, 0.1) is 0 Å². The summed E-state index contributed by atoms with van der Waals surface area (Å²) in [5, 5.41) is 2.63. The van der Waals surface area contributed by atoms with Crippen molar-refractivity contribution < 1.29 is 9.53 Å². The molecule has 1 amide bonds. The maximum atomic E-state index is 12.0. The number of ether oxygens (including phenoxy) is 1. The fourth-order valence-electron chi connectivity index (χ4n) is 1.54. The Balaban J connectivity index is 2.00. The number of para-hydroxylation sites is 1. The lowest BCUT2D eigenvalue weighted by Gasteiger charge is -2.16. The number of benzene rings is 1. The minimum atomic E-state index is -0.564. The Morgan fingerprint density at radius 1 is 1.21 bits per heavy atom. The highest BCUT2D eigenvalue weighted by Gasteiger charge is 2.19. The standard InChI is InChI=1S/C14H15N3O2/c1-2-12(19-11-7-4-3-5-8-11)13(18)17-14-15-9-6-10-16-14/h3-10,12H,2H2,1H3,(H,15,16,17,18). The average molecular weight is 257 g/mol. The predicted octanol–water partition coefficient (Wildman–Crippen LogP) is 2.27. The van der Waals surface area contributed by atoms with Gasteiger partial charge in [0.1, 0.15) is 5.75 Å². The zero-order chi connectivity index (χ0) is 13.5. The third-order valence-electron chi connectivity index (χ3n) is 2.49. The molecule has 2 aromatic rings. The van der Waals surface area contributed by atoms with Crippen LogP contribution in [0.4, 0.5) is 5.95 Å². The number of nitrogens with one attached hydrogen (secondary N) is 1. The molecule has 5 heteroatoms. The van der Waals surface area contributed by atoms with E-state index in [0.29, 0.717) is 12.2 Å². The number of amides is 1. The van der Waals surface area contributed by atoms with E-state index in [9.17, 15) is 4.79 Å². The Bertz CT molecular complexity index is 517. The maximum absolute atomic E-state index is 12.0.